The molecule has 0 N–H and O–H groups in total. The van der Waals surface area contributed by atoms with E-state index in [-0.39, 0.29) is 0 Å². The number of anilines is 1. The summed E-state index contributed by atoms with van der Waals surface area (Å²) in [5, 5.41) is 0. The van der Waals surface area contributed by atoms with E-state index in [0.717, 1.165) is 11.3 Å². The molecule has 52 valence electrons. The van der Waals surface area contributed by atoms with E-state index in [2.05, 4.69) is 0 Å². The smallest absolute Gasteiger partial charge is 0.0396 e. The van der Waals surface area contributed by atoms with Crippen LogP contribution in [0.2, 0.25) is 0 Å². The van der Waals surface area contributed by atoms with Crippen LogP contribution in [0.5, 0.6) is 0 Å². The molecular formula is C9H11N. The van der Waals surface area contributed by atoms with Crippen molar-refractivity contribution in [2.75, 3.05) is 19.0 Å². The predicted octanol–water partition coefficient (Wildman–Crippen LogP) is 1.81. The normalized spacial score (nSPS) is 9.50. The van der Waals surface area contributed by atoms with E-state index >= 15 is 0 Å². The molecule has 0 aliphatic carbocycles. The molecule has 2 radical (unpaired) electrons. The van der Waals surface area contributed by atoms with Gasteiger partial charge in [-0.05, 0) is 11.6 Å². The van der Waals surface area contributed by atoms with E-state index in [1.54, 1.807) is 0 Å². The fraction of sp³-hybridized carbons (Fsp3) is 0.222. The molecule has 0 aromatic heterocycles. The molecule has 0 bridgehead atoms. The molecule has 1 heteroatoms. The number of hydrogen-bond donors (Lipinski definition) is 0. The Bertz CT molecular complexity index is 216. The van der Waals surface area contributed by atoms with Gasteiger partial charge >= 0.3 is 0 Å². The van der Waals surface area contributed by atoms with Gasteiger partial charge in [0, 0.05) is 26.7 Å². The summed E-state index contributed by atoms with van der Waals surface area (Å²) in [6.45, 7) is 5.68. The van der Waals surface area contributed by atoms with Gasteiger partial charge in [-0.3, -0.25) is 0 Å². The Morgan fingerprint density at radius 2 is 1.80 bits per heavy atom. The molecule has 0 saturated carbocycles. The topological polar surface area (TPSA) is 3.24 Å². The average Bonchev–Trinajstić information content (AvgIpc) is 1.88. The van der Waals surface area contributed by atoms with Crippen molar-refractivity contribution >= 4 is 5.69 Å². The molecule has 0 heterocycles. The zero-order valence-corrected chi connectivity index (χ0v) is 6.33. The van der Waals surface area contributed by atoms with E-state index in [1.807, 2.05) is 43.3 Å². The van der Waals surface area contributed by atoms with Gasteiger partial charge in [0.15, 0.2) is 0 Å². The van der Waals surface area contributed by atoms with Crippen LogP contribution in [0.25, 0.3) is 0 Å². The number of rotatable bonds is 1. The third kappa shape index (κ3) is 1.29. The van der Waals surface area contributed by atoms with Crippen molar-refractivity contribution in [2.24, 2.45) is 0 Å². The molecule has 0 spiro atoms. The number of hydrogen-bond acceptors (Lipinski definition) is 1. The minimum atomic E-state index is 0.826. The predicted molar refractivity (Wildman–Crippen MR) is 44.2 cm³/mol. The van der Waals surface area contributed by atoms with Crippen molar-refractivity contribution in [3.05, 3.63) is 36.8 Å². The summed E-state index contributed by atoms with van der Waals surface area (Å²) in [6.07, 6.45) is 0. The molecule has 0 aliphatic rings. The lowest BCUT2D eigenvalue weighted by atomic mass is 10.2. The van der Waals surface area contributed by atoms with Gasteiger partial charge in [0.05, 0.1) is 0 Å². The minimum Gasteiger partial charge on any atom is -0.377 e. The van der Waals surface area contributed by atoms with Crippen LogP contribution in [0.15, 0.2) is 24.3 Å². The first-order valence-electron chi connectivity index (χ1n) is 3.23. The third-order valence-corrected chi connectivity index (χ3v) is 1.42. The largest absolute Gasteiger partial charge is 0.377 e. The molecule has 1 aromatic carbocycles. The van der Waals surface area contributed by atoms with Crippen LogP contribution >= 0.6 is 0 Å². The lowest BCUT2D eigenvalue weighted by Gasteiger charge is -2.14. The number of nitrogens with zero attached hydrogens (tertiary/aromatic N) is 1. The maximum atomic E-state index is 5.68. The maximum Gasteiger partial charge on any atom is 0.0396 e. The molecule has 1 rings (SSSR count). The quantitative estimate of drug-likeness (QED) is 0.564. The van der Waals surface area contributed by atoms with Gasteiger partial charge in [-0.2, -0.15) is 0 Å². The molecule has 1 nitrogen and oxygen atoms in total. The molecule has 0 atom stereocenters. The fourth-order valence-corrected chi connectivity index (χ4v) is 0.895. The summed E-state index contributed by atoms with van der Waals surface area (Å²) in [5.41, 5.74) is 1.90. The van der Waals surface area contributed by atoms with Crippen molar-refractivity contribution in [1.82, 2.24) is 0 Å². The summed E-state index contributed by atoms with van der Waals surface area (Å²) in [5.74, 6) is 0. The van der Waals surface area contributed by atoms with Crippen molar-refractivity contribution in [1.29, 1.82) is 0 Å². The van der Waals surface area contributed by atoms with E-state index < -0.39 is 0 Å². The first-order valence-corrected chi connectivity index (χ1v) is 3.23. The van der Waals surface area contributed by atoms with Crippen molar-refractivity contribution in [3.63, 3.8) is 0 Å². The second-order valence-corrected chi connectivity index (χ2v) is 2.45. The molecule has 10 heavy (non-hydrogen) atoms. The van der Waals surface area contributed by atoms with Gasteiger partial charge in [0.2, 0.25) is 0 Å². The Morgan fingerprint density at radius 3 is 2.20 bits per heavy atom. The molecular weight excluding hydrogens is 122 g/mol. The Labute approximate surface area is 62.3 Å². The van der Waals surface area contributed by atoms with E-state index in [1.165, 1.54) is 0 Å². The summed E-state index contributed by atoms with van der Waals surface area (Å²) < 4.78 is 0. The molecule has 0 fully saturated rings. The van der Waals surface area contributed by atoms with Crippen molar-refractivity contribution < 1.29 is 0 Å². The molecule has 0 aliphatic heterocycles. The number of para-hydroxylation sites is 1. The first kappa shape index (κ1) is 7.13. The third-order valence-electron chi connectivity index (χ3n) is 1.42. The van der Waals surface area contributed by atoms with E-state index in [9.17, 15) is 0 Å². The Kier molecular flexibility index (Phi) is 1.95. The highest BCUT2D eigenvalue weighted by Gasteiger charge is 1.95. The van der Waals surface area contributed by atoms with Crippen molar-refractivity contribution in [3.8, 4) is 0 Å². The van der Waals surface area contributed by atoms with Gasteiger partial charge in [-0.15, -0.1) is 0 Å². The van der Waals surface area contributed by atoms with Crippen LogP contribution in [-0.2, 0) is 0 Å². The summed E-state index contributed by atoms with van der Waals surface area (Å²) in [7, 11) is 3.96. The lowest BCUT2D eigenvalue weighted by Crippen LogP contribution is -2.09. The summed E-state index contributed by atoms with van der Waals surface area (Å²) >= 11 is 0. The summed E-state index contributed by atoms with van der Waals surface area (Å²) in [6, 6.07) is 7.80. The summed E-state index contributed by atoms with van der Waals surface area (Å²) in [4.78, 5) is 2.00. The van der Waals surface area contributed by atoms with Crippen LogP contribution in [0.4, 0.5) is 5.69 Å². The van der Waals surface area contributed by atoms with Gasteiger partial charge in [-0.1, -0.05) is 18.2 Å². The second kappa shape index (κ2) is 2.74. The molecule has 1 aromatic rings. The fourth-order valence-electron chi connectivity index (χ4n) is 0.895. The zero-order chi connectivity index (χ0) is 7.56. The van der Waals surface area contributed by atoms with Crippen LogP contribution in [-0.4, -0.2) is 14.1 Å². The SMILES string of the molecule is [CH]c1ccccc1N(C)C. The lowest BCUT2D eigenvalue weighted by molar-refractivity contribution is 1.12. The van der Waals surface area contributed by atoms with Gasteiger partial charge in [0.25, 0.3) is 0 Å². The Morgan fingerprint density at radius 1 is 1.20 bits per heavy atom. The van der Waals surface area contributed by atoms with Gasteiger partial charge in [-0.25, -0.2) is 0 Å². The molecule has 0 saturated heterocycles. The van der Waals surface area contributed by atoms with E-state index in [0.29, 0.717) is 0 Å². The van der Waals surface area contributed by atoms with Crippen LogP contribution < -0.4 is 4.90 Å². The van der Waals surface area contributed by atoms with Crippen molar-refractivity contribution in [2.45, 2.75) is 0 Å². The monoisotopic (exact) mass is 133 g/mol. The standard InChI is InChI=1S/C9H11N/c1-8-6-4-5-7-9(8)10(2)3/h1,4-7H,2-3H3. The first-order chi connectivity index (χ1) is 4.72. The highest BCUT2D eigenvalue weighted by molar-refractivity contribution is 5.53. The van der Waals surface area contributed by atoms with E-state index in [4.69, 9.17) is 6.92 Å². The van der Waals surface area contributed by atoms with Crippen LogP contribution in [0.3, 0.4) is 0 Å². The van der Waals surface area contributed by atoms with Gasteiger partial charge < -0.3 is 4.90 Å². The Hall–Kier alpha value is -0.980. The molecule has 0 amide bonds. The minimum absolute atomic E-state index is 0.826. The zero-order valence-electron chi connectivity index (χ0n) is 6.33. The average molecular weight is 133 g/mol. The highest BCUT2D eigenvalue weighted by Crippen LogP contribution is 2.15. The van der Waals surface area contributed by atoms with Crippen LogP contribution in [0.1, 0.15) is 5.56 Å². The number of benzene rings is 1. The maximum absolute atomic E-state index is 5.68. The molecule has 0 unspecified atom stereocenters. The second-order valence-electron chi connectivity index (χ2n) is 2.45. The van der Waals surface area contributed by atoms with Crippen LogP contribution in [0, 0.1) is 6.92 Å². The Balaban J connectivity index is 3.03. The van der Waals surface area contributed by atoms with Gasteiger partial charge in [0.1, 0.15) is 0 Å². The highest BCUT2D eigenvalue weighted by atomic mass is 15.1.